The number of imidazole rings is 1. The largest absolute Gasteiger partial charge is 0.326 e. The van der Waals surface area contributed by atoms with Crippen LogP contribution >= 0.6 is 0 Å². The number of rotatable bonds is 5. The Morgan fingerprint density at radius 2 is 1.88 bits per heavy atom. The van der Waals surface area contributed by atoms with Crippen molar-refractivity contribution in [3.63, 3.8) is 0 Å². The highest BCUT2D eigenvalue weighted by atomic mass is 16.1. The van der Waals surface area contributed by atoms with Crippen molar-refractivity contribution in [2.45, 2.75) is 13.0 Å². The van der Waals surface area contributed by atoms with Crippen LogP contribution in [0.3, 0.4) is 0 Å². The van der Waals surface area contributed by atoms with E-state index in [-0.39, 0.29) is 5.91 Å². The van der Waals surface area contributed by atoms with Gasteiger partial charge in [0.2, 0.25) is 5.91 Å². The van der Waals surface area contributed by atoms with E-state index in [9.17, 15) is 4.79 Å². The molecule has 0 aliphatic heterocycles. The minimum absolute atomic E-state index is 0.0590. The van der Waals surface area contributed by atoms with Crippen molar-refractivity contribution in [1.29, 1.82) is 0 Å². The summed E-state index contributed by atoms with van der Waals surface area (Å²) < 4.78 is 3.65. The van der Waals surface area contributed by atoms with Gasteiger partial charge in [-0.05, 0) is 36.4 Å². The highest BCUT2D eigenvalue weighted by molar-refractivity contribution is 5.90. The zero-order valence-corrected chi connectivity index (χ0v) is 13.4. The van der Waals surface area contributed by atoms with Gasteiger partial charge in [0.25, 0.3) is 0 Å². The Balaban J connectivity index is 1.44. The van der Waals surface area contributed by atoms with Crippen LogP contribution in [0.25, 0.3) is 16.7 Å². The maximum absolute atomic E-state index is 12.0. The minimum atomic E-state index is -0.0590. The first-order valence-corrected chi connectivity index (χ1v) is 7.94. The molecule has 4 aromatic rings. The molecule has 2 heterocycles. The first-order chi connectivity index (χ1) is 12.3. The minimum Gasteiger partial charge on any atom is -0.326 e. The molecule has 2 aromatic carbocycles. The van der Waals surface area contributed by atoms with Crippen LogP contribution in [-0.4, -0.2) is 30.2 Å². The van der Waals surface area contributed by atoms with Crippen molar-refractivity contribution in [2.24, 2.45) is 0 Å². The number of benzene rings is 2. The molecular formula is C18H16N6O. The van der Waals surface area contributed by atoms with Crippen molar-refractivity contribution >= 4 is 22.6 Å². The Kier molecular flexibility index (Phi) is 3.96. The van der Waals surface area contributed by atoms with Gasteiger partial charge in [0.15, 0.2) is 0 Å². The van der Waals surface area contributed by atoms with E-state index in [4.69, 9.17) is 0 Å². The number of aryl methyl sites for hydroxylation is 1. The van der Waals surface area contributed by atoms with E-state index in [0.717, 1.165) is 22.4 Å². The van der Waals surface area contributed by atoms with Gasteiger partial charge in [-0.2, -0.15) is 5.10 Å². The number of fused-ring (bicyclic) bond motifs is 1. The Morgan fingerprint density at radius 3 is 2.68 bits per heavy atom. The van der Waals surface area contributed by atoms with Crippen LogP contribution < -0.4 is 5.32 Å². The summed E-state index contributed by atoms with van der Waals surface area (Å²) in [5, 5.41) is 6.87. The number of nitrogens with one attached hydrogen (secondary N) is 1. The summed E-state index contributed by atoms with van der Waals surface area (Å²) in [5.41, 5.74) is 3.76. The van der Waals surface area contributed by atoms with Crippen molar-refractivity contribution in [3.05, 3.63) is 67.5 Å². The van der Waals surface area contributed by atoms with Gasteiger partial charge in [0, 0.05) is 17.8 Å². The fraction of sp³-hybridized carbons (Fsp3) is 0.111. The fourth-order valence-corrected chi connectivity index (χ4v) is 2.66. The molecule has 4 rings (SSSR count). The third-order valence-corrected chi connectivity index (χ3v) is 3.92. The van der Waals surface area contributed by atoms with Gasteiger partial charge in [0.05, 0.1) is 17.6 Å². The second-order valence-electron chi connectivity index (χ2n) is 5.61. The Morgan fingerprint density at radius 1 is 1.04 bits per heavy atom. The predicted molar refractivity (Wildman–Crippen MR) is 94.3 cm³/mol. The van der Waals surface area contributed by atoms with E-state index in [0.29, 0.717) is 13.0 Å². The molecule has 25 heavy (non-hydrogen) atoms. The number of nitrogens with zero attached hydrogens (tertiary/aromatic N) is 5. The van der Waals surface area contributed by atoms with E-state index in [1.807, 2.05) is 53.1 Å². The molecule has 124 valence electrons. The topological polar surface area (TPSA) is 77.6 Å². The lowest BCUT2D eigenvalue weighted by Crippen LogP contribution is -2.14. The van der Waals surface area contributed by atoms with Crippen LogP contribution in [-0.2, 0) is 11.3 Å². The summed E-state index contributed by atoms with van der Waals surface area (Å²) in [5.74, 6) is -0.0590. The van der Waals surface area contributed by atoms with Gasteiger partial charge in [-0.1, -0.05) is 12.1 Å². The summed E-state index contributed by atoms with van der Waals surface area (Å²) in [6.45, 7) is 0.505. The predicted octanol–water partition coefficient (Wildman–Crippen LogP) is 2.65. The lowest BCUT2D eigenvalue weighted by molar-refractivity contribution is -0.116. The van der Waals surface area contributed by atoms with E-state index in [2.05, 4.69) is 20.4 Å². The lowest BCUT2D eigenvalue weighted by Gasteiger charge is -2.08. The number of carbonyl (C=O) groups excluding carboxylic acids is 1. The van der Waals surface area contributed by atoms with Gasteiger partial charge in [-0.15, -0.1) is 0 Å². The van der Waals surface area contributed by atoms with Crippen molar-refractivity contribution < 1.29 is 4.79 Å². The zero-order valence-electron chi connectivity index (χ0n) is 13.4. The zero-order chi connectivity index (χ0) is 17.1. The fourth-order valence-electron chi connectivity index (χ4n) is 2.66. The van der Waals surface area contributed by atoms with Crippen LogP contribution in [0.15, 0.2) is 67.5 Å². The summed E-state index contributed by atoms with van der Waals surface area (Å²) >= 11 is 0. The summed E-state index contributed by atoms with van der Waals surface area (Å²) in [7, 11) is 0. The Labute approximate surface area is 143 Å². The van der Waals surface area contributed by atoms with Crippen LogP contribution in [0.2, 0.25) is 0 Å². The van der Waals surface area contributed by atoms with Gasteiger partial charge in [-0.25, -0.2) is 9.97 Å². The maximum atomic E-state index is 12.0. The van der Waals surface area contributed by atoms with Gasteiger partial charge in [-0.3, -0.25) is 14.0 Å². The number of aromatic nitrogens is 5. The average Bonchev–Trinajstić information content (AvgIpc) is 3.30. The van der Waals surface area contributed by atoms with E-state index < -0.39 is 0 Å². The van der Waals surface area contributed by atoms with E-state index >= 15 is 0 Å². The molecule has 0 bridgehead atoms. The molecule has 0 saturated heterocycles. The van der Waals surface area contributed by atoms with Crippen LogP contribution in [0.5, 0.6) is 0 Å². The monoisotopic (exact) mass is 332 g/mol. The van der Waals surface area contributed by atoms with Gasteiger partial charge in [0.1, 0.15) is 19.0 Å². The molecule has 7 heteroatoms. The highest BCUT2D eigenvalue weighted by Crippen LogP contribution is 2.19. The van der Waals surface area contributed by atoms with Crippen molar-refractivity contribution in [3.8, 4) is 5.69 Å². The Hall–Kier alpha value is -3.48. The number of anilines is 1. The molecule has 1 N–H and O–H groups in total. The van der Waals surface area contributed by atoms with Crippen LogP contribution in [0, 0.1) is 0 Å². The molecule has 0 aliphatic carbocycles. The van der Waals surface area contributed by atoms with Crippen molar-refractivity contribution in [1.82, 2.24) is 24.3 Å². The molecule has 2 aromatic heterocycles. The summed E-state index contributed by atoms with van der Waals surface area (Å²) in [6, 6.07) is 15.7. The lowest BCUT2D eigenvalue weighted by atomic mass is 10.2. The van der Waals surface area contributed by atoms with Crippen molar-refractivity contribution in [2.75, 3.05) is 5.32 Å². The molecule has 0 radical (unpaired) electrons. The number of hydrogen-bond donors (Lipinski definition) is 1. The average molecular weight is 332 g/mol. The quantitative estimate of drug-likeness (QED) is 0.609. The third-order valence-electron chi connectivity index (χ3n) is 3.92. The van der Waals surface area contributed by atoms with E-state index in [1.54, 1.807) is 17.3 Å². The second kappa shape index (κ2) is 6.56. The molecule has 0 spiro atoms. The molecule has 0 unspecified atom stereocenters. The highest BCUT2D eigenvalue weighted by Gasteiger charge is 2.06. The third kappa shape index (κ3) is 3.25. The number of amides is 1. The molecule has 7 nitrogen and oxygen atoms in total. The standard InChI is InChI=1S/C18H16N6O/c25-18(9-10-23-12-19-11-21-23)22-14-5-7-15(8-6-14)24-13-20-16-3-1-2-4-17(16)24/h1-8,11-13H,9-10H2,(H,22,25). The Bertz CT molecular complexity index is 988. The van der Waals surface area contributed by atoms with Crippen LogP contribution in [0.4, 0.5) is 5.69 Å². The summed E-state index contributed by atoms with van der Waals surface area (Å²) in [6.07, 6.45) is 5.20. The smallest absolute Gasteiger partial charge is 0.226 e. The van der Waals surface area contributed by atoms with Crippen LogP contribution in [0.1, 0.15) is 6.42 Å². The molecule has 0 aliphatic rings. The molecule has 1 amide bonds. The number of hydrogen-bond acceptors (Lipinski definition) is 4. The molecule has 0 saturated carbocycles. The normalized spacial score (nSPS) is 10.9. The summed E-state index contributed by atoms with van der Waals surface area (Å²) in [4.78, 5) is 20.3. The maximum Gasteiger partial charge on any atom is 0.226 e. The first kappa shape index (κ1) is 15.1. The van der Waals surface area contributed by atoms with E-state index in [1.165, 1.54) is 6.33 Å². The molecular weight excluding hydrogens is 316 g/mol. The molecule has 0 atom stereocenters. The number of para-hydroxylation sites is 2. The van der Waals surface area contributed by atoms with Gasteiger partial charge >= 0.3 is 0 Å². The second-order valence-corrected chi connectivity index (χ2v) is 5.61. The van der Waals surface area contributed by atoms with Gasteiger partial charge < -0.3 is 5.32 Å². The SMILES string of the molecule is O=C(CCn1cncn1)Nc1ccc(-n2cnc3ccccc32)cc1. The first-order valence-electron chi connectivity index (χ1n) is 7.94. The molecule has 0 fully saturated rings. The number of carbonyl (C=O) groups is 1.